The number of nitrogens with zero attached hydrogens (tertiary/aromatic N) is 5. The summed E-state index contributed by atoms with van der Waals surface area (Å²) < 4.78 is 9.94. The van der Waals surface area contributed by atoms with Gasteiger partial charge >= 0.3 is 0 Å². The molecular weight excluding hydrogens is 498 g/mol. The van der Waals surface area contributed by atoms with Crippen LogP contribution in [0, 0.1) is 12.8 Å². The van der Waals surface area contributed by atoms with Crippen LogP contribution >= 0.6 is 11.6 Å². The zero-order valence-electron chi connectivity index (χ0n) is 21.4. The number of benzene rings is 2. The highest BCUT2D eigenvalue weighted by molar-refractivity contribution is 6.39. The summed E-state index contributed by atoms with van der Waals surface area (Å²) in [5.74, 6) is 0.518. The third kappa shape index (κ3) is 3.52. The van der Waals surface area contributed by atoms with Crippen molar-refractivity contribution in [1.29, 1.82) is 0 Å². The third-order valence-electron chi connectivity index (χ3n) is 8.27. The zero-order chi connectivity index (χ0) is 26.0. The molecule has 0 spiro atoms. The lowest BCUT2D eigenvalue weighted by Crippen LogP contribution is -2.27. The number of pyridine rings is 1. The fourth-order valence-corrected chi connectivity index (χ4v) is 6.90. The lowest BCUT2D eigenvalue weighted by molar-refractivity contribution is 0.0553. The van der Waals surface area contributed by atoms with Gasteiger partial charge in [-0.25, -0.2) is 4.68 Å². The van der Waals surface area contributed by atoms with Gasteiger partial charge in [-0.15, -0.1) is 5.10 Å². The highest BCUT2D eigenvalue weighted by Gasteiger charge is 2.33. The summed E-state index contributed by atoms with van der Waals surface area (Å²) in [5, 5.41) is 10.1. The van der Waals surface area contributed by atoms with Crippen molar-refractivity contribution in [2.45, 2.75) is 38.6 Å². The van der Waals surface area contributed by atoms with Crippen LogP contribution in [0.3, 0.4) is 0 Å². The van der Waals surface area contributed by atoms with Crippen molar-refractivity contribution in [3.8, 4) is 11.3 Å². The Balaban J connectivity index is 1.59. The molecule has 0 N–H and O–H groups in total. The lowest BCUT2D eigenvalue weighted by Gasteiger charge is -2.33. The van der Waals surface area contributed by atoms with E-state index in [0.29, 0.717) is 23.8 Å². The molecule has 1 aliphatic heterocycles. The van der Waals surface area contributed by atoms with Gasteiger partial charge in [0.1, 0.15) is 0 Å². The molecule has 192 valence electrons. The Kier molecular flexibility index (Phi) is 5.60. The van der Waals surface area contributed by atoms with Gasteiger partial charge in [0, 0.05) is 49.4 Å². The number of carbonyl (C=O) groups excluding carboxylic acids is 1. The van der Waals surface area contributed by atoms with Crippen molar-refractivity contribution in [2.75, 3.05) is 13.2 Å². The number of fused-ring (bicyclic) bond motifs is 4. The van der Waals surface area contributed by atoms with Crippen LogP contribution in [0.25, 0.3) is 33.2 Å². The molecule has 3 aromatic heterocycles. The fraction of sp³-hybridized carbons (Fsp3) is 0.333. The molecule has 0 amide bonds. The predicted octanol–water partition coefficient (Wildman–Crippen LogP) is 6.09. The minimum absolute atomic E-state index is 0.0357. The first-order valence-corrected chi connectivity index (χ1v) is 13.6. The SMILES string of the molecule is Cc1nnn(C)c1-c1cnc2c3c(Cl)c4c(cc3n(C(c3ccccc3)C3CCOCC3)c2c1)C(=O)CC4. The van der Waals surface area contributed by atoms with E-state index in [1.165, 1.54) is 5.56 Å². The summed E-state index contributed by atoms with van der Waals surface area (Å²) in [6, 6.07) is 14.9. The van der Waals surface area contributed by atoms with E-state index in [-0.39, 0.29) is 11.8 Å². The van der Waals surface area contributed by atoms with Gasteiger partial charge in [0.25, 0.3) is 0 Å². The first kappa shape index (κ1) is 23.6. The number of hydrogen-bond acceptors (Lipinski definition) is 5. The number of rotatable bonds is 4. The molecule has 1 saturated heterocycles. The molecule has 7 rings (SSSR count). The summed E-state index contributed by atoms with van der Waals surface area (Å²) in [6.07, 6.45) is 4.98. The molecule has 38 heavy (non-hydrogen) atoms. The van der Waals surface area contributed by atoms with Crippen LogP contribution in [0.1, 0.15) is 52.5 Å². The predicted molar refractivity (Wildman–Crippen MR) is 148 cm³/mol. The average molecular weight is 526 g/mol. The Hall–Kier alpha value is -3.55. The monoisotopic (exact) mass is 525 g/mol. The van der Waals surface area contributed by atoms with Gasteiger partial charge in [-0.1, -0.05) is 47.1 Å². The largest absolute Gasteiger partial charge is 0.381 e. The Morgan fingerprint density at radius 3 is 2.61 bits per heavy atom. The Morgan fingerprint density at radius 1 is 1.08 bits per heavy atom. The highest BCUT2D eigenvalue weighted by Crippen LogP contribution is 2.45. The van der Waals surface area contributed by atoms with E-state index in [1.807, 2.05) is 20.2 Å². The molecule has 2 aliphatic rings. The molecule has 0 radical (unpaired) electrons. The van der Waals surface area contributed by atoms with Crippen LogP contribution in [0.4, 0.5) is 0 Å². The highest BCUT2D eigenvalue weighted by atomic mass is 35.5. The molecular formula is C30H28ClN5O2. The van der Waals surface area contributed by atoms with Crippen molar-refractivity contribution in [3.63, 3.8) is 0 Å². The van der Waals surface area contributed by atoms with Crippen LogP contribution in [0.5, 0.6) is 0 Å². The third-order valence-corrected chi connectivity index (χ3v) is 8.69. The number of halogens is 1. The molecule has 4 heterocycles. The smallest absolute Gasteiger partial charge is 0.163 e. The lowest BCUT2D eigenvalue weighted by atomic mass is 9.86. The van der Waals surface area contributed by atoms with Gasteiger partial charge in [-0.2, -0.15) is 0 Å². The van der Waals surface area contributed by atoms with E-state index in [1.54, 1.807) is 4.68 Å². The normalized spacial score (nSPS) is 17.0. The van der Waals surface area contributed by atoms with E-state index in [2.05, 4.69) is 57.3 Å². The Labute approximate surface area is 225 Å². The fourth-order valence-electron chi connectivity index (χ4n) is 6.52. The second kappa shape index (κ2) is 9.03. The number of carbonyl (C=O) groups is 1. The summed E-state index contributed by atoms with van der Waals surface area (Å²) in [6.45, 7) is 3.44. The van der Waals surface area contributed by atoms with Crippen molar-refractivity contribution in [1.82, 2.24) is 24.5 Å². The molecule has 7 nitrogen and oxygen atoms in total. The minimum atomic E-state index is 0.0357. The standard InChI is InChI=1S/C30H28ClN5O2/c1-17-29(35(2)34-33-17)20-14-24-28(32-16-20)26-23(15-22-21(27(26)31)8-9-25(22)37)36(24)30(18-6-4-3-5-7-18)19-10-12-38-13-11-19/h3-7,14-16,19,30H,8-13H2,1-2H3. The Morgan fingerprint density at radius 2 is 1.87 bits per heavy atom. The molecule has 0 saturated carbocycles. The second-order valence-corrected chi connectivity index (χ2v) is 10.8. The van der Waals surface area contributed by atoms with Gasteiger partial charge in [0.2, 0.25) is 0 Å². The van der Waals surface area contributed by atoms with Crippen molar-refractivity contribution in [2.24, 2.45) is 13.0 Å². The van der Waals surface area contributed by atoms with Crippen molar-refractivity contribution in [3.05, 3.63) is 76.1 Å². The number of aryl methyl sites for hydroxylation is 2. The van der Waals surface area contributed by atoms with Crippen LogP contribution in [-0.2, 0) is 18.2 Å². The maximum absolute atomic E-state index is 12.9. The second-order valence-electron chi connectivity index (χ2n) is 10.4. The number of Topliss-reactive ketones (excluding diaryl/α,β-unsaturated/α-hetero) is 1. The Bertz CT molecular complexity index is 1700. The number of ketones is 1. The molecule has 1 aliphatic carbocycles. The van der Waals surface area contributed by atoms with Gasteiger partial charge < -0.3 is 9.30 Å². The van der Waals surface area contributed by atoms with E-state index < -0.39 is 0 Å². The quantitative estimate of drug-likeness (QED) is 0.284. The summed E-state index contributed by atoms with van der Waals surface area (Å²) in [5.41, 5.74) is 8.47. The number of aromatic nitrogens is 5. The molecule has 0 bridgehead atoms. The molecule has 1 unspecified atom stereocenters. The maximum Gasteiger partial charge on any atom is 0.163 e. The van der Waals surface area contributed by atoms with Crippen LogP contribution in [0.2, 0.25) is 5.02 Å². The number of hydrogen-bond donors (Lipinski definition) is 0. The molecule has 1 atom stereocenters. The van der Waals surface area contributed by atoms with Crippen molar-refractivity contribution < 1.29 is 9.53 Å². The van der Waals surface area contributed by atoms with Gasteiger partial charge in [-0.3, -0.25) is 9.78 Å². The molecule has 5 aromatic rings. The van der Waals surface area contributed by atoms with Crippen molar-refractivity contribution >= 4 is 39.3 Å². The van der Waals surface area contributed by atoms with E-state index >= 15 is 0 Å². The van der Waals surface area contributed by atoms with Gasteiger partial charge in [-0.05, 0) is 55.4 Å². The van der Waals surface area contributed by atoms with E-state index in [9.17, 15) is 4.79 Å². The molecule has 1 fully saturated rings. The summed E-state index contributed by atoms with van der Waals surface area (Å²) >= 11 is 7.12. The van der Waals surface area contributed by atoms with Gasteiger partial charge in [0.05, 0.1) is 39.0 Å². The average Bonchev–Trinajstić information content (AvgIpc) is 3.59. The molecule has 8 heteroatoms. The van der Waals surface area contributed by atoms with Gasteiger partial charge in [0.15, 0.2) is 5.78 Å². The van der Waals surface area contributed by atoms with E-state index in [0.717, 1.165) is 76.1 Å². The first-order chi connectivity index (χ1) is 18.5. The topological polar surface area (TPSA) is 74.8 Å². The first-order valence-electron chi connectivity index (χ1n) is 13.2. The minimum Gasteiger partial charge on any atom is -0.381 e. The van der Waals surface area contributed by atoms with Crippen LogP contribution in [0.15, 0.2) is 48.7 Å². The zero-order valence-corrected chi connectivity index (χ0v) is 22.2. The van der Waals surface area contributed by atoms with E-state index in [4.69, 9.17) is 21.3 Å². The molecule has 2 aromatic carbocycles. The van der Waals surface area contributed by atoms with Crippen LogP contribution in [-0.4, -0.2) is 43.5 Å². The summed E-state index contributed by atoms with van der Waals surface area (Å²) in [4.78, 5) is 17.9. The summed E-state index contributed by atoms with van der Waals surface area (Å²) in [7, 11) is 1.90. The van der Waals surface area contributed by atoms with Crippen LogP contribution < -0.4 is 0 Å². The maximum atomic E-state index is 12.9. The number of ether oxygens (including phenoxy) is 1.